The van der Waals surface area contributed by atoms with E-state index in [0.29, 0.717) is 0 Å². The monoisotopic (exact) mass is 338 g/mol. The maximum atomic E-state index is 13.0. The van der Waals surface area contributed by atoms with Crippen LogP contribution in [0.4, 0.5) is 9.18 Å². The molecule has 0 radical (unpaired) electrons. The predicted molar refractivity (Wildman–Crippen MR) is 98.7 cm³/mol. The molecule has 2 atom stereocenters. The summed E-state index contributed by atoms with van der Waals surface area (Å²) in [6.07, 6.45) is 3.58. The molecule has 130 valence electrons. The topological polar surface area (TPSA) is 32.3 Å². The molecule has 2 unspecified atom stereocenters. The van der Waals surface area contributed by atoms with Gasteiger partial charge in [-0.3, -0.25) is 0 Å². The number of benzene rings is 2. The summed E-state index contributed by atoms with van der Waals surface area (Å²) in [6.45, 7) is 6.52. The predicted octanol–water partition coefficient (Wildman–Crippen LogP) is 4.91. The van der Waals surface area contributed by atoms with Crippen LogP contribution in [0.15, 0.2) is 61.2 Å². The average molecular weight is 338 g/mol. The molecule has 2 aromatic carbocycles. The van der Waals surface area contributed by atoms with Crippen molar-refractivity contribution in [1.82, 2.24) is 10.2 Å². The van der Waals surface area contributed by atoms with Crippen molar-refractivity contribution in [2.24, 2.45) is 0 Å². The van der Waals surface area contributed by atoms with Gasteiger partial charge in [-0.2, -0.15) is 0 Å². The van der Waals surface area contributed by atoms with Crippen molar-refractivity contribution < 1.29 is 9.18 Å². The van der Waals surface area contributed by atoms with Gasteiger partial charge in [0.1, 0.15) is 5.82 Å². The molecule has 3 rings (SSSR count). The van der Waals surface area contributed by atoms with Crippen molar-refractivity contribution in [2.75, 3.05) is 6.54 Å². The molecule has 1 aliphatic rings. The highest BCUT2D eigenvalue weighted by molar-refractivity contribution is 5.76. The van der Waals surface area contributed by atoms with E-state index in [1.165, 1.54) is 12.1 Å². The lowest BCUT2D eigenvalue weighted by Crippen LogP contribution is -2.52. The SMILES string of the molecule is C=CCC1CCN(C(C)c2ccc(-c3ccc(F)cc3)cc2)C(=O)N1. The lowest BCUT2D eigenvalue weighted by Gasteiger charge is -2.36. The van der Waals surface area contributed by atoms with Crippen LogP contribution >= 0.6 is 0 Å². The zero-order valence-electron chi connectivity index (χ0n) is 14.4. The summed E-state index contributed by atoms with van der Waals surface area (Å²) in [7, 11) is 0. The van der Waals surface area contributed by atoms with E-state index in [-0.39, 0.29) is 23.9 Å². The van der Waals surface area contributed by atoms with Gasteiger partial charge < -0.3 is 10.2 Å². The van der Waals surface area contributed by atoms with E-state index < -0.39 is 0 Å². The molecule has 0 aliphatic carbocycles. The van der Waals surface area contributed by atoms with Crippen molar-refractivity contribution in [3.05, 3.63) is 72.6 Å². The van der Waals surface area contributed by atoms with Gasteiger partial charge in [-0.05, 0) is 48.6 Å². The molecule has 4 heteroatoms. The second-order valence-corrected chi connectivity index (χ2v) is 6.46. The minimum atomic E-state index is -0.236. The number of nitrogens with zero attached hydrogens (tertiary/aromatic N) is 1. The zero-order valence-corrected chi connectivity index (χ0v) is 14.4. The smallest absolute Gasteiger partial charge is 0.318 e. The van der Waals surface area contributed by atoms with Gasteiger partial charge in [-0.25, -0.2) is 9.18 Å². The van der Waals surface area contributed by atoms with Crippen LogP contribution in [0.2, 0.25) is 0 Å². The fourth-order valence-electron chi connectivity index (χ4n) is 3.25. The normalized spacial score (nSPS) is 18.6. The number of hydrogen-bond acceptors (Lipinski definition) is 1. The summed E-state index contributed by atoms with van der Waals surface area (Å²) in [4.78, 5) is 14.2. The zero-order chi connectivity index (χ0) is 17.8. The Hall–Kier alpha value is -2.62. The second-order valence-electron chi connectivity index (χ2n) is 6.46. The summed E-state index contributed by atoms with van der Waals surface area (Å²) in [5, 5.41) is 3.04. The van der Waals surface area contributed by atoms with Crippen LogP contribution < -0.4 is 5.32 Å². The van der Waals surface area contributed by atoms with E-state index in [1.807, 2.05) is 42.2 Å². The minimum absolute atomic E-state index is 0.00643. The van der Waals surface area contributed by atoms with Crippen LogP contribution in [-0.2, 0) is 0 Å². The van der Waals surface area contributed by atoms with Crippen molar-refractivity contribution >= 4 is 6.03 Å². The molecule has 3 nitrogen and oxygen atoms in total. The largest absolute Gasteiger partial charge is 0.335 e. The minimum Gasteiger partial charge on any atom is -0.335 e. The summed E-state index contributed by atoms with van der Waals surface area (Å²) in [6, 6.07) is 14.7. The molecule has 0 spiro atoms. The van der Waals surface area contributed by atoms with E-state index in [0.717, 1.165) is 36.1 Å². The van der Waals surface area contributed by atoms with Crippen molar-refractivity contribution in [2.45, 2.75) is 31.8 Å². The number of carbonyl (C=O) groups excluding carboxylic acids is 1. The Morgan fingerprint density at radius 2 is 1.80 bits per heavy atom. The highest BCUT2D eigenvalue weighted by Gasteiger charge is 2.28. The average Bonchev–Trinajstić information content (AvgIpc) is 2.62. The molecule has 25 heavy (non-hydrogen) atoms. The molecule has 1 fully saturated rings. The fraction of sp³-hybridized carbons (Fsp3) is 0.286. The third-order valence-electron chi connectivity index (χ3n) is 4.80. The first kappa shape index (κ1) is 17.2. The molecule has 1 heterocycles. The van der Waals surface area contributed by atoms with Crippen molar-refractivity contribution in [1.29, 1.82) is 0 Å². The van der Waals surface area contributed by atoms with Gasteiger partial charge in [-0.15, -0.1) is 6.58 Å². The number of hydrogen-bond donors (Lipinski definition) is 1. The summed E-state index contributed by atoms with van der Waals surface area (Å²) < 4.78 is 13.0. The van der Waals surface area contributed by atoms with E-state index in [2.05, 4.69) is 11.9 Å². The fourth-order valence-corrected chi connectivity index (χ4v) is 3.25. The van der Waals surface area contributed by atoms with Crippen molar-refractivity contribution in [3.63, 3.8) is 0 Å². The molecular formula is C21H23FN2O. The van der Waals surface area contributed by atoms with Crippen LogP contribution in [-0.4, -0.2) is 23.5 Å². The first-order chi connectivity index (χ1) is 12.1. The molecule has 2 amide bonds. The lowest BCUT2D eigenvalue weighted by molar-refractivity contribution is 0.154. The Bertz CT molecular complexity index is 739. The van der Waals surface area contributed by atoms with Gasteiger partial charge in [0.05, 0.1) is 6.04 Å². The van der Waals surface area contributed by atoms with Gasteiger partial charge in [0, 0.05) is 12.6 Å². The Morgan fingerprint density at radius 1 is 1.20 bits per heavy atom. The Kier molecular flexibility index (Phi) is 5.17. The summed E-state index contributed by atoms with van der Waals surface area (Å²) in [5.74, 6) is -0.236. The standard InChI is InChI=1S/C21H23FN2O/c1-3-4-20-13-14-24(21(25)23-20)15(2)16-5-7-17(8-6-16)18-9-11-19(22)12-10-18/h3,5-12,15,20H,1,4,13-14H2,2H3,(H,23,25). The lowest BCUT2D eigenvalue weighted by atomic mass is 9.99. The Balaban J connectivity index is 1.70. The summed E-state index contributed by atoms with van der Waals surface area (Å²) >= 11 is 0. The molecule has 0 bridgehead atoms. The second kappa shape index (κ2) is 7.51. The van der Waals surface area contributed by atoms with Gasteiger partial charge in [0.2, 0.25) is 0 Å². The van der Waals surface area contributed by atoms with E-state index in [9.17, 15) is 9.18 Å². The van der Waals surface area contributed by atoms with E-state index in [1.54, 1.807) is 12.1 Å². The van der Waals surface area contributed by atoms with E-state index >= 15 is 0 Å². The maximum Gasteiger partial charge on any atom is 0.318 e. The maximum absolute atomic E-state index is 13.0. The van der Waals surface area contributed by atoms with Crippen LogP contribution in [0, 0.1) is 5.82 Å². The van der Waals surface area contributed by atoms with Gasteiger partial charge >= 0.3 is 6.03 Å². The van der Waals surface area contributed by atoms with Crippen LogP contribution in [0.1, 0.15) is 31.4 Å². The molecule has 0 aromatic heterocycles. The number of carbonyl (C=O) groups is 1. The quantitative estimate of drug-likeness (QED) is 0.772. The highest BCUT2D eigenvalue weighted by atomic mass is 19.1. The molecule has 1 aliphatic heterocycles. The van der Waals surface area contributed by atoms with Crippen LogP contribution in [0.25, 0.3) is 11.1 Å². The molecular weight excluding hydrogens is 315 g/mol. The number of nitrogens with one attached hydrogen (secondary N) is 1. The number of amides is 2. The first-order valence-electron chi connectivity index (χ1n) is 8.62. The molecule has 1 saturated heterocycles. The van der Waals surface area contributed by atoms with Crippen LogP contribution in [0.3, 0.4) is 0 Å². The summed E-state index contributed by atoms with van der Waals surface area (Å²) in [5.41, 5.74) is 3.09. The van der Waals surface area contributed by atoms with E-state index in [4.69, 9.17) is 0 Å². The van der Waals surface area contributed by atoms with Crippen molar-refractivity contribution in [3.8, 4) is 11.1 Å². The molecule has 1 N–H and O–H groups in total. The molecule has 0 saturated carbocycles. The Labute approximate surface area is 148 Å². The van der Waals surface area contributed by atoms with Gasteiger partial charge in [-0.1, -0.05) is 42.5 Å². The third-order valence-corrected chi connectivity index (χ3v) is 4.80. The Morgan fingerprint density at radius 3 is 2.36 bits per heavy atom. The highest BCUT2D eigenvalue weighted by Crippen LogP contribution is 2.26. The number of rotatable bonds is 5. The van der Waals surface area contributed by atoms with Crippen LogP contribution in [0.5, 0.6) is 0 Å². The first-order valence-corrected chi connectivity index (χ1v) is 8.62. The number of urea groups is 1. The molecule has 2 aromatic rings. The van der Waals surface area contributed by atoms with Gasteiger partial charge in [0.15, 0.2) is 0 Å². The third kappa shape index (κ3) is 3.90. The van der Waals surface area contributed by atoms with Gasteiger partial charge in [0.25, 0.3) is 0 Å². The number of halogens is 1.